The molecule has 0 saturated heterocycles. The molecule has 3 aromatic rings. The number of fused-ring (bicyclic) bond motifs is 3. The van der Waals surface area contributed by atoms with Crippen LogP contribution in [0.2, 0.25) is 0 Å². The molecule has 1 aliphatic rings. The lowest BCUT2D eigenvalue weighted by molar-refractivity contribution is -0.131. The van der Waals surface area contributed by atoms with Crippen LogP contribution in [0.3, 0.4) is 0 Å². The molecule has 1 amide bonds. The third-order valence-electron chi connectivity index (χ3n) is 4.41. The van der Waals surface area contributed by atoms with Crippen LogP contribution in [-0.4, -0.2) is 27.6 Å². The van der Waals surface area contributed by atoms with Crippen LogP contribution in [-0.2, 0) is 24.5 Å². The third kappa shape index (κ3) is 3.01. The molecule has 0 saturated carbocycles. The predicted octanol–water partition coefficient (Wildman–Crippen LogP) is 3.10. The van der Waals surface area contributed by atoms with Gasteiger partial charge in [-0.15, -0.1) is 0 Å². The fraction of sp³-hybridized carbons (Fsp3) is 0.200. The normalized spacial score (nSPS) is 12.0. The van der Waals surface area contributed by atoms with Crippen molar-refractivity contribution in [3.05, 3.63) is 71.9 Å². The summed E-state index contributed by atoms with van der Waals surface area (Å²) >= 11 is 0. The molecule has 0 aliphatic carbocycles. The summed E-state index contributed by atoms with van der Waals surface area (Å²) in [7, 11) is 1.82. The van der Waals surface area contributed by atoms with E-state index in [0.29, 0.717) is 13.2 Å². The van der Waals surface area contributed by atoms with Crippen molar-refractivity contribution in [2.24, 2.45) is 0 Å². The summed E-state index contributed by atoms with van der Waals surface area (Å²) in [6.07, 6.45) is 1.79. The van der Waals surface area contributed by atoms with E-state index in [0.717, 1.165) is 28.1 Å². The summed E-state index contributed by atoms with van der Waals surface area (Å²) in [4.78, 5) is 14.4. The third-order valence-corrected chi connectivity index (χ3v) is 4.41. The zero-order valence-corrected chi connectivity index (χ0v) is 14.1. The minimum absolute atomic E-state index is 0.0266. The van der Waals surface area contributed by atoms with Crippen molar-refractivity contribution in [1.82, 2.24) is 14.7 Å². The number of carbonyl (C=O) groups is 1. The van der Waals surface area contributed by atoms with Gasteiger partial charge in [-0.25, -0.2) is 0 Å². The first-order valence-corrected chi connectivity index (χ1v) is 8.27. The number of likely N-dealkylation sites (N-methyl/N-ethyl adjacent to an activating group) is 1. The van der Waals surface area contributed by atoms with Crippen LogP contribution < -0.4 is 4.74 Å². The number of amides is 1. The highest BCUT2D eigenvalue weighted by Gasteiger charge is 2.23. The van der Waals surface area contributed by atoms with Gasteiger partial charge in [-0.3, -0.25) is 9.48 Å². The van der Waals surface area contributed by atoms with E-state index >= 15 is 0 Å². The molecule has 1 aliphatic heterocycles. The first-order chi connectivity index (χ1) is 12.2. The van der Waals surface area contributed by atoms with Crippen molar-refractivity contribution >= 4 is 5.91 Å². The molecule has 0 atom stereocenters. The lowest BCUT2D eigenvalue weighted by Crippen LogP contribution is -2.30. The molecule has 0 radical (unpaired) electrons. The molecule has 2 heterocycles. The molecule has 0 spiro atoms. The Morgan fingerprint density at radius 1 is 1.16 bits per heavy atom. The maximum atomic E-state index is 12.6. The van der Waals surface area contributed by atoms with E-state index < -0.39 is 0 Å². The highest BCUT2D eigenvalue weighted by atomic mass is 16.5. The van der Waals surface area contributed by atoms with Crippen LogP contribution in [0.5, 0.6) is 5.75 Å². The molecular formula is C20H19N3O2. The second-order valence-electron chi connectivity index (χ2n) is 6.20. The average molecular weight is 333 g/mol. The summed E-state index contributed by atoms with van der Waals surface area (Å²) < 4.78 is 7.52. The highest BCUT2D eigenvalue weighted by Crippen LogP contribution is 2.36. The van der Waals surface area contributed by atoms with Crippen LogP contribution >= 0.6 is 0 Å². The summed E-state index contributed by atoms with van der Waals surface area (Å²) in [6.45, 7) is 1.29. The van der Waals surface area contributed by atoms with Crippen molar-refractivity contribution in [2.45, 2.75) is 19.7 Å². The van der Waals surface area contributed by atoms with Gasteiger partial charge in [0.15, 0.2) is 0 Å². The topological polar surface area (TPSA) is 47.4 Å². The Labute approximate surface area is 146 Å². The summed E-state index contributed by atoms with van der Waals surface area (Å²) in [6, 6.07) is 17.8. The fourth-order valence-corrected chi connectivity index (χ4v) is 3.10. The molecule has 2 aromatic carbocycles. The fourth-order valence-electron chi connectivity index (χ4n) is 3.10. The molecule has 0 N–H and O–H groups in total. The Bertz CT molecular complexity index is 902. The lowest BCUT2D eigenvalue weighted by Gasteiger charge is -2.21. The quantitative estimate of drug-likeness (QED) is 0.737. The number of aromatic nitrogens is 2. The molecule has 1 aromatic heterocycles. The van der Waals surface area contributed by atoms with Crippen LogP contribution in [0.25, 0.3) is 11.3 Å². The van der Waals surface area contributed by atoms with Gasteiger partial charge in [0, 0.05) is 24.7 Å². The van der Waals surface area contributed by atoms with E-state index in [2.05, 4.69) is 5.10 Å². The van der Waals surface area contributed by atoms with E-state index in [1.165, 1.54) is 0 Å². The van der Waals surface area contributed by atoms with Gasteiger partial charge in [0.2, 0.25) is 5.91 Å². The zero-order valence-electron chi connectivity index (χ0n) is 14.1. The zero-order chi connectivity index (χ0) is 17.2. The van der Waals surface area contributed by atoms with Gasteiger partial charge >= 0.3 is 0 Å². The number of carbonyl (C=O) groups excluding carboxylic acids is 1. The van der Waals surface area contributed by atoms with Crippen LogP contribution in [0, 0.1) is 0 Å². The number of para-hydroxylation sites is 1. The Balaban J connectivity index is 1.55. The number of ether oxygens (including phenoxy) is 1. The second kappa shape index (κ2) is 6.43. The van der Waals surface area contributed by atoms with Crippen molar-refractivity contribution < 1.29 is 9.53 Å². The number of hydrogen-bond donors (Lipinski definition) is 0. The van der Waals surface area contributed by atoms with E-state index in [-0.39, 0.29) is 12.5 Å². The largest absolute Gasteiger partial charge is 0.488 e. The maximum absolute atomic E-state index is 12.6. The number of rotatable bonds is 4. The molecular weight excluding hydrogens is 314 g/mol. The van der Waals surface area contributed by atoms with Gasteiger partial charge in [0.25, 0.3) is 0 Å². The van der Waals surface area contributed by atoms with Gasteiger partial charge in [-0.2, -0.15) is 5.10 Å². The molecule has 0 bridgehead atoms. The van der Waals surface area contributed by atoms with Gasteiger partial charge in [-0.1, -0.05) is 42.5 Å². The molecule has 0 unspecified atom stereocenters. The molecule has 0 fully saturated rings. The van der Waals surface area contributed by atoms with Gasteiger partial charge in [0.05, 0.1) is 11.9 Å². The molecule has 5 nitrogen and oxygen atoms in total. The van der Waals surface area contributed by atoms with E-state index in [4.69, 9.17) is 4.74 Å². The Hall–Kier alpha value is -3.08. The van der Waals surface area contributed by atoms with Crippen LogP contribution in [0.1, 0.15) is 11.1 Å². The van der Waals surface area contributed by atoms with Crippen molar-refractivity contribution in [2.75, 3.05) is 7.05 Å². The molecule has 4 rings (SSSR count). The predicted molar refractivity (Wildman–Crippen MR) is 94.9 cm³/mol. The second-order valence-corrected chi connectivity index (χ2v) is 6.20. The SMILES string of the molecule is CN(Cc1ccccc1)C(=O)Cn1ncc2c1-c1ccccc1OC2. The lowest BCUT2D eigenvalue weighted by atomic mass is 10.0. The highest BCUT2D eigenvalue weighted by molar-refractivity contribution is 5.78. The molecule has 25 heavy (non-hydrogen) atoms. The Kier molecular flexibility index (Phi) is 3.98. The van der Waals surface area contributed by atoms with Gasteiger partial charge < -0.3 is 9.64 Å². The summed E-state index contributed by atoms with van der Waals surface area (Å²) in [5.41, 5.74) is 4.08. The first kappa shape index (κ1) is 15.4. The van der Waals surface area contributed by atoms with E-state index in [9.17, 15) is 4.79 Å². The smallest absolute Gasteiger partial charge is 0.244 e. The van der Waals surface area contributed by atoms with Crippen LogP contribution in [0.15, 0.2) is 60.8 Å². The number of hydrogen-bond acceptors (Lipinski definition) is 3. The monoisotopic (exact) mass is 333 g/mol. The average Bonchev–Trinajstić information content (AvgIpc) is 3.06. The van der Waals surface area contributed by atoms with Crippen LogP contribution in [0.4, 0.5) is 0 Å². The molecule has 126 valence electrons. The van der Waals surface area contributed by atoms with Crippen molar-refractivity contribution in [3.63, 3.8) is 0 Å². The standard InChI is InChI=1S/C20H19N3O2/c1-22(12-15-7-3-2-4-8-15)19(24)13-23-20-16(11-21-23)14-25-18-10-6-5-9-17(18)20/h2-11H,12-14H2,1H3. The Morgan fingerprint density at radius 2 is 1.92 bits per heavy atom. The van der Waals surface area contributed by atoms with Crippen molar-refractivity contribution in [3.8, 4) is 17.0 Å². The van der Waals surface area contributed by atoms with E-state index in [1.807, 2.05) is 61.6 Å². The summed E-state index contributed by atoms with van der Waals surface area (Å²) in [5, 5.41) is 4.42. The first-order valence-electron chi connectivity index (χ1n) is 8.27. The van der Waals surface area contributed by atoms with Crippen molar-refractivity contribution in [1.29, 1.82) is 0 Å². The molecule has 5 heteroatoms. The Morgan fingerprint density at radius 3 is 2.76 bits per heavy atom. The maximum Gasteiger partial charge on any atom is 0.244 e. The number of benzene rings is 2. The minimum Gasteiger partial charge on any atom is -0.488 e. The van der Waals surface area contributed by atoms with Gasteiger partial charge in [0.1, 0.15) is 18.9 Å². The summed E-state index contributed by atoms with van der Waals surface area (Å²) in [5.74, 6) is 0.862. The van der Waals surface area contributed by atoms with Gasteiger partial charge in [-0.05, 0) is 17.7 Å². The number of nitrogens with zero attached hydrogens (tertiary/aromatic N) is 3. The minimum atomic E-state index is 0.0266. The van der Waals surface area contributed by atoms with E-state index in [1.54, 1.807) is 15.8 Å².